The van der Waals surface area contributed by atoms with E-state index in [2.05, 4.69) is 31.4 Å². The van der Waals surface area contributed by atoms with E-state index in [1.165, 1.54) is 41.3 Å². The second-order valence-corrected chi connectivity index (χ2v) is 10.8. The Morgan fingerprint density at radius 2 is 2.00 bits per heavy atom. The van der Waals surface area contributed by atoms with Crippen molar-refractivity contribution in [2.24, 2.45) is 11.7 Å². The molecule has 2 amide bonds. The highest BCUT2D eigenvalue weighted by molar-refractivity contribution is 7.92. The zero-order valence-corrected chi connectivity index (χ0v) is 21.5. The summed E-state index contributed by atoms with van der Waals surface area (Å²) in [5.74, 6) is -1.19. The van der Waals surface area contributed by atoms with Crippen LogP contribution >= 0.6 is 0 Å². The van der Waals surface area contributed by atoms with Gasteiger partial charge in [-0.05, 0) is 42.8 Å². The van der Waals surface area contributed by atoms with Gasteiger partial charge < -0.3 is 20.8 Å². The fraction of sp³-hybridized carbons (Fsp3) is 0.240. The molecule has 0 radical (unpaired) electrons. The summed E-state index contributed by atoms with van der Waals surface area (Å²) in [5.41, 5.74) is 7.64. The number of nitriles is 1. The van der Waals surface area contributed by atoms with Crippen LogP contribution in [0.2, 0.25) is 0 Å². The van der Waals surface area contributed by atoms with Gasteiger partial charge >= 0.3 is 0 Å². The molecule has 14 heteroatoms. The number of nitrogens with two attached hydrogens (primary N) is 1. The lowest BCUT2D eigenvalue weighted by molar-refractivity contribution is 0.0942. The van der Waals surface area contributed by atoms with Crippen molar-refractivity contribution in [2.75, 3.05) is 24.5 Å². The molecule has 2 aromatic carbocycles. The van der Waals surface area contributed by atoms with Gasteiger partial charge in [0.25, 0.3) is 21.8 Å². The molecule has 200 valence electrons. The van der Waals surface area contributed by atoms with E-state index in [1.807, 2.05) is 6.92 Å². The maximum atomic E-state index is 13.1. The molecule has 13 nitrogen and oxygen atoms in total. The molecule has 1 aliphatic heterocycles. The van der Waals surface area contributed by atoms with Gasteiger partial charge in [-0.2, -0.15) is 5.26 Å². The van der Waals surface area contributed by atoms with Crippen LogP contribution < -0.4 is 15.8 Å². The number of anilines is 1. The summed E-state index contributed by atoms with van der Waals surface area (Å²) in [4.78, 5) is 27.0. The first-order chi connectivity index (χ1) is 18.7. The van der Waals surface area contributed by atoms with Gasteiger partial charge in [0.05, 0.1) is 47.1 Å². The lowest BCUT2D eigenvalue weighted by atomic mass is 10.0. The summed E-state index contributed by atoms with van der Waals surface area (Å²) in [5, 5.41) is 20.5. The first-order valence-electron chi connectivity index (χ1n) is 11.9. The molecule has 2 aromatic heterocycles. The molecule has 39 heavy (non-hydrogen) atoms. The zero-order valence-electron chi connectivity index (χ0n) is 20.7. The van der Waals surface area contributed by atoms with Crippen LogP contribution in [0, 0.1) is 24.2 Å². The maximum Gasteiger partial charge on any atom is 0.270 e. The van der Waals surface area contributed by atoms with E-state index in [0.29, 0.717) is 35.4 Å². The van der Waals surface area contributed by atoms with Crippen molar-refractivity contribution in [1.82, 2.24) is 25.3 Å². The number of hydrogen-bond acceptors (Lipinski definition) is 8. The Kier molecular flexibility index (Phi) is 6.77. The smallest absolute Gasteiger partial charge is 0.270 e. The number of sulfonamides is 1. The van der Waals surface area contributed by atoms with Crippen molar-refractivity contribution < 1.29 is 22.7 Å². The van der Waals surface area contributed by atoms with Gasteiger partial charge in [-0.15, -0.1) is 5.10 Å². The number of hydrogen-bond donors (Lipinski definition) is 4. The molecule has 1 aliphatic rings. The Balaban J connectivity index is 1.25. The second-order valence-electron chi connectivity index (χ2n) is 9.15. The average Bonchev–Trinajstić information content (AvgIpc) is 3.68. The van der Waals surface area contributed by atoms with Gasteiger partial charge in [-0.3, -0.25) is 14.3 Å². The number of fused-ring (bicyclic) bond motifs is 1. The Hall–Kier alpha value is -4.74. The summed E-state index contributed by atoms with van der Waals surface area (Å²) in [7, 11) is -3.97. The number of nitrogens with zero attached hydrogens (tertiary/aromatic N) is 4. The van der Waals surface area contributed by atoms with Crippen molar-refractivity contribution in [3.63, 3.8) is 0 Å². The van der Waals surface area contributed by atoms with Crippen LogP contribution in [0.15, 0.2) is 53.7 Å². The summed E-state index contributed by atoms with van der Waals surface area (Å²) in [6, 6.07) is 10.8. The van der Waals surface area contributed by atoms with Crippen molar-refractivity contribution in [3.05, 3.63) is 71.2 Å². The molecule has 1 saturated heterocycles. The third-order valence-corrected chi connectivity index (χ3v) is 8.01. The molecule has 2 atom stereocenters. The minimum absolute atomic E-state index is 0.0273. The van der Waals surface area contributed by atoms with Crippen molar-refractivity contribution in [3.8, 4) is 6.07 Å². The van der Waals surface area contributed by atoms with Crippen molar-refractivity contribution in [1.29, 1.82) is 5.26 Å². The molecule has 5 rings (SSSR count). The van der Waals surface area contributed by atoms with Gasteiger partial charge in [0.1, 0.15) is 6.07 Å². The number of carbonyl (C=O) groups excluding carboxylic acids is 2. The number of primary amides is 1. The van der Waals surface area contributed by atoms with E-state index < -0.39 is 15.9 Å². The molecule has 1 fully saturated rings. The largest absolute Gasteiger partial charge is 0.379 e. The van der Waals surface area contributed by atoms with Crippen LogP contribution in [0.4, 0.5) is 5.69 Å². The first kappa shape index (κ1) is 25.9. The molecular weight excluding hydrogens is 524 g/mol. The number of H-pyrrole nitrogens is 1. The van der Waals surface area contributed by atoms with E-state index in [0.717, 1.165) is 5.56 Å². The third-order valence-electron chi connectivity index (χ3n) is 6.63. The second kappa shape index (κ2) is 10.2. The number of carbonyl (C=O) groups is 2. The fourth-order valence-corrected chi connectivity index (χ4v) is 5.61. The predicted octanol–water partition coefficient (Wildman–Crippen LogP) is 1.46. The topological polar surface area (TPSA) is 198 Å². The highest BCUT2D eigenvalue weighted by Crippen LogP contribution is 2.30. The number of nitrogens with one attached hydrogen (secondary N) is 3. The summed E-state index contributed by atoms with van der Waals surface area (Å²) in [6.45, 7) is 2.83. The molecule has 5 N–H and O–H groups in total. The molecule has 0 bridgehead atoms. The molecule has 0 aliphatic carbocycles. The third kappa shape index (κ3) is 5.05. The highest BCUT2D eigenvalue weighted by atomic mass is 32.2. The van der Waals surface area contributed by atoms with E-state index >= 15 is 0 Å². The summed E-state index contributed by atoms with van der Waals surface area (Å²) in [6.07, 6.45) is 2.98. The van der Waals surface area contributed by atoms with Crippen LogP contribution in [0.3, 0.4) is 0 Å². The van der Waals surface area contributed by atoms with Crippen LogP contribution in [-0.2, 0) is 14.8 Å². The number of aryl methyl sites for hydroxylation is 1. The Morgan fingerprint density at radius 3 is 2.69 bits per heavy atom. The SMILES string of the molecule is Cc1ccc(NS(=O)(=O)c2ccc(C(=O)NC[C@@H]3COC[C@H]3n3cc(C(N)=O)nn3)cc2)c2[nH]cc(C#N)c12. The average molecular weight is 549 g/mol. The lowest BCUT2D eigenvalue weighted by Gasteiger charge is -2.18. The van der Waals surface area contributed by atoms with E-state index in [-0.39, 0.29) is 40.6 Å². The van der Waals surface area contributed by atoms with Crippen molar-refractivity contribution in [2.45, 2.75) is 17.9 Å². The molecule has 0 spiro atoms. The van der Waals surface area contributed by atoms with E-state index in [4.69, 9.17) is 10.5 Å². The summed E-state index contributed by atoms with van der Waals surface area (Å²) < 4.78 is 35.7. The van der Waals surface area contributed by atoms with Gasteiger partial charge in [0.2, 0.25) is 0 Å². The van der Waals surface area contributed by atoms with Crippen molar-refractivity contribution >= 4 is 38.4 Å². The Morgan fingerprint density at radius 1 is 1.23 bits per heavy atom. The number of amides is 2. The molecule has 3 heterocycles. The number of ether oxygens (including phenoxy) is 1. The summed E-state index contributed by atoms with van der Waals surface area (Å²) >= 11 is 0. The zero-order chi connectivity index (χ0) is 27.7. The van der Waals surface area contributed by atoms with Gasteiger partial charge in [-0.1, -0.05) is 11.3 Å². The Bertz CT molecular complexity index is 1720. The molecule has 0 unspecified atom stereocenters. The fourth-order valence-electron chi connectivity index (χ4n) is 4.53. The standard InChI is InChI=1S/C25H24N8O5S/c1-14-2-7-19(23-22(14)16(8-26)9-28-23)31-39(36,37)18-5-3-15(4-6-18)25(35)29-10-17-12-38-13-21(17)33-11-20(24(27)34)30-32-33/h2-7,9,11,17,21,28,31H,10,12-13H2,1H3,(H2,27,34)(H,29,35)/t17-,21-/m1/s1. The number of rotatable bonds is 8. The van der Waals surface area contributed by atoms with Gasteiger partial charge in [0.15, 0.2) is 5.69 Å². The predicted molar refractivity (Wildman–Crippen MR) is 139 cm³/mol. The number of benzene rings is 2. The minimum atomic E-state index is -3.97. The normalized spacial score (nSPS) is 17.1. The van der Waals surface area contributed by atoms with Gasteiger partial charge in [-0.25, -0.2) is 13.1 Å². The van der Waals surface area contributed by atoms with Crippen LogP contribution in [-0.4, -0.2) is 60.0 Å². The van der Waals surface area contributed by atoms with Gasteiger partial charge in [0, 0.05) is 29.6 Å². The van der Waals surface area contributed by atoms with Crippen LogP contribution in [0.5, 0.6) is 0 Å². The number of aromatic amines is 1. The quantitative estimate of drug-likeness (QED) is 0.254. The highest BCUT2D eigenvalue weighted by Gasteiger charge is 2.31. The molecular formula is C25H24N8O5S. The van der Waals surface area contributed by atoms with Crippen LogP contribution in [0.1, 0.15) is 38.0 Å². The first-order valence-corrected chi connectivity index (χ1v) is 13.4. The minimum Gasteiger partial charge on any atom is -0.379 e. The number of aromatic nitrogens is 4. The molecule has 4 aromatic rings. The molecule has 0 saturated carbocycles. The lowest BCUT2D eigenvalue weighted by Crippen LogP contribution is -2.33. The maximum absolute atomic E-state index is 13.1. The Labute approximate surface area is 223 Å². The van der Waals surface area contributed by atoms with E-state index in [1.54, 1.807) is 12.1 Å². The van der Waals surface area contributed by atoms with E-state index in [9.17, 15) is 23.3 Å². The monoisotopic (exact) mass is 548 g/mol. The van der Waals surface area contributed by atoms with Crippen LogP contribution in [0.25, 0.3) is 10.9 Å².